The summed E-state index contributed by atoms with van der Waals surface area (Å²) in [5.74, 6) is 1.07. The van der Waals surface area contributed by atoms with Gasteiger partial charge in [0, 0.05) is 16.3 Å². The number of hydrogen-bond donors (Lipinski definition) is 1. The fraction of sp³-hybridized carbons (Fsp3) is 0.375. The molecule has 1 heterocycles. The van der Waals surface area contributed by atoms with E-state index in [2.05, 4.69) is 10.3 Å². The van der Waals surface area contributed by atoms with Gasteiger partial charge in [0.15, 0.2) is 6.10 Å². The lowest BCUT2D eigenvalue weighted by atomic mass is 10.3. The first-order valence-corrected chi connectivity index (χ1v) is 8.52. The van der Waals surface area contributed by atoms with Gasteiger partial charge in [-0.15, -0.1) is 11.3 Å². The van der Waals surface area contributed by atoms with Crippen molar-refractivity contribution in [1.82, 2.24) is 10.3 Å². The molecule has 22 heavy (non-hydrogen) atoms. The highest BCUT2D eigenvalue weighted by Crippen LogP contribution is 2.41. The number of amides is 1. The number of carbonyl (C=O) groups excluding carboxylic acids is 1. The lowest BCUT2D eigenvalue weighted by molar-refractivity contribution is -0.127. The van der Waals surface area contributed by atoms with Crippen molar-refractivity contribution < 1.29 is 9.53 Å². The molecule has 1 aliphatic carbocycles. The summed E-state index contributed by atoms with van der Waals surface area (Å²) in [5, 5.41) is 6.63. The van der Waals surface area contributed by atoms with Crippen molar-refractivity contribution in [1.29, 1.82) is 0 Å². The van der Waals surface area contributed by atoms with Gasteiger partial charge in [-0.1, -0.05) is 17.7 Å². The summed E-state index contributed by atoms with van der Waals surface area (Å²) in [7, 11) is 0. The molecule has 1 aromatic carbocycles. The Balaban J connectivity index is 1.49. The van der Waals surface area contributed by atoms with Crippen molar-refractivity contribution in [2.45, 2.75) is 38.3 Å². The number of carbonyl (C=O) groups is 1. The smallest absolute Gasteiger partial charge is 0.261 e. The molecule has 1 N–H and O–H groups in total. The third-order valence-electron chi connectivity index (χ3n) is 3.42. The predicted molar refractivity (Wildman–Crippen MR) is 87.5 cm³/mol. The largest absolute Gasteiger partial charge is 0.481 e. The molecule has 2 aromatic rings. The number of nitrogens with zero attached hydrogens (tertiary/aromatic N) is 1. The van der Waals surface area contributed by atoms with E-state index in [4.69, 9.17) is 16.3 Å². The molecule has 0 radical (unpaired) electrons. The van der Waals surface area contributed by atoms with Crippen LogP contribution >= 0.6 is 22.9 Å². The number of aromatic nitrogens is 1. The Bertz CT molecular complexity index is 670. The zero-order chi connectivity index (χ0) is 15.5. The van der Waals surface area contributed by atoms with Gasteiger partial charge in [0.2, 0.25) is 0 Å². The van der Waals surface area contributed by atoms with Crippen LogP contribution in [0.1, 0.15) is 36.4 Å². The van der Waals surface area contributed by atoms with Crippen molar-refractivity contribution in [3.63, 3.8) is 0 Å². The second kappa shape index (κ2) is 6.67. The third-order valence-corrected chi connectivity index (χ3v) is 4.71. The van der Waals surface area contributed by atoms with Gasteiger partial charge in [-0.25, -0.2) is 4.98 Å². The van der Waals surface area contributed by atoms with E-state index in [1.807, 2.05) is 5.38 Å². The highest BCUT2D eigenvalue weighted by Gasteiger charge is 2.26. The Morgan fingerprint density at radius 3 is 3.09 bits per heavy atom. The zero-order valence-corrected chi connectivity index (χ0v) is 13.8. The first kappa shape index (κ1) is 15.3. The van der Waals surface area contributed by atoms with Gasteiger partial charge >= 0.3 is 0 Å². The fourth-order valence-corrected chi connectivity index (χ4v) is 3.21. The molecule has 1 aromatic heterocycles. The molecular weight excluding hydrogens is 320 g/mol. The Hall–Kier alpha value is -1.59. The van der Waals surface area contributed by atoms with Gasteiger partial charge in [-0.2, -0.15) is 0 Å². The fourth-order valence-electron chi connectivity index (χ4n) is 2.04. The molecule has 0 aliphatic heterocycles. The van der Waals surface area contributed by atoms with Crippen LogP contribution in [-0.4, -0.2) is 17.0 Å². The maximum Gasteiger partial charge on any atom is 0.261 e. The van der Waals surface area contributed by atoms with E-state index < -0.39 is 6.10 Å². The summed E-state index contributed by atoms with van der Waals surface area (Å²) in [4.78, 5) is 16.6. The predicted octanol–water partition coefficient (Wildman–Crippen LogP) is 3.76. The van der Waals surface area contributed by atoms with Gasteiger partial charge in [-0.3, -0.25) is 4.79 Å². The molecule has 0 bridgehead atoms. The molecule has 1 amide bonds. The van der Waals surface area contributed by atoms with Crippen LogP contribution in [0.15, 0.2) is 29.6 Å². The molecule has 4 nitrogen and oxygen atoms in total. The molecule has 6 heteroatoms. The molecule has 3 rings (SSSR count). The van der Waals surface area contributed by atoms with E-state index >= 15 is 0 Å². The summed E-state index contributed by atoms with van der Waals surface area (Å²) in [6.07, 6.45) is 1.90. The van der Waals surface area contributed by atoms with Crippen LogP contribution in [0.25, 0.3) is 0 Å². The lowest BCUT2D eigenvalue weighted by Crippen LogP contribution is -2.35. The van der Waals surface area contributed by atoms with Crippen molar-refractivity contribution in [2.24, 2.45) is 0 Å². The standard InChI is InChI=1S/C16H17ClN2O2S/c1-10(21-14-4-2-3-12(17)7-14)15(20)18-8-13-9-22-16(19-13)11-5-6-11/h2-4,7,9-11H,5-6,8H2,1H3,(H,18,20). The van der Waals surface area contributed by atoms with E-state index in [9.17, 15) is 4.79 Å². The minimum atomic E-state index is -0.583. The van der Waals surface area contributed by atoms with E-state index in [-0.39, 0.29) is 5.91 Å². The molecule has 116 valence electrons. The normalized spacial score (nSPS) is 15.4. The SMILES string of the molecule is CC(Oc1cccc(Cl)c1)C(=O)NCc1csc(C2CC2)n1. The summed E-state index contributed by atoms with van der Waals surface area (Å²) < 4.78 is 5.58. The summed E-state index contributed by atoms with van der Waals surface area (Å²) in [5.41, 5.74) is 0.912. The minimum absolute atomic E-state index is 0.166. The van der Waals surface area contributed by atoms with Crippen LogP contribution in [-0.2, 0) is 11.3 Å². The summed E-state index contributed by atoms with van der Waals surface area (Å²) >= 11 is 7.57. The molecule has 1 atom stereocenters. The van der Waals surface area contributed by atoms with Crippen LogP contribution in [0.3, 0.4) is 0 Å². The highest BCUT2D eigenvalue weighted by atomic mass is 35.5. The summed E-state index contributed by atoms with van der Waals surface area (Å²) in [6, 6.07) is 7.02. The van der Waals surface area contributed by atoms with Gasteiger partial charge in [0.1, 0.15) is 5.75 Å². The number of ether oxygens (including phenoxy) is 1. The van der Waals surface area contributed by atoms with Crippen LogP contribution in [0.4, 0.5) is 0 Å². The maximum atomic E-state index is 12.1. The van der Waals surface area contributed by atoms with Crippen molar-refractivity contribution in [3.05, 3.63) is 45.4 Å². The highest BCUT2D eigenvalue weighted by molar-refractivity contribution is 7.09. The molecule has 1 aliphatic rings. The monoisotopic (exact) mass is 336 g/mol. The lowest BCUT2D eigenvalue weighted by Gasteiger charge is -2.14. The second-order valence-electron chi connectivity index (χ2n) is 5.39. The molecule has 1 unspecified atom stereocenters. The van der Waals surface area contributed by atoms with Crippen molar-refractivity contribution in [3.8, 4) is 5.75 Å². The van der Waals surface area contributed by atoms with E-state index in [1.54, 1.807) is 42.5 Å². The van der Waals surface area contributed by atoms with E-state index in [0.29, 0.717) is 23.2 Å². The zero-order valence-electron chi connectivity index (χ0n) is 12.2. The molecular formula is C16H17ClN2O2S. The van der Waals surface area contributed by atoms with Gasteiger partial charge < -0.3 is 10.1 Å². The Kier molecular flexibility index (Phi) is 4.64. The number of thiazole rings is 1. The first-order valence-electron chi connectivity index (χ1n) is 7.26. The Morgan fingerprint density at radius 1 is 1.55 bits per heavy atom. The average molecular weight is 337 g/mol. The van der Waals surface area contributed by atoms with Crippen LogP contribution in [0, 0.1) is 0 Å². The number of rotatable bonds is 6. The van der Waals surface area contributed by atoms with Crippen LogP contribution in [0.2, 0.25) is 5.02 Å². The van der Waals surface area contributed by atoms with Crippen LogP contribution < -0.4 is 10.1 Å². The number of halogens is 1. The molecule has 1 fully saturated rings. The first-order chi connectivity index (χ1) is 10.6. The average Bonchev–Trinajstić information content (AvgIpc) is 3.24. The third kappa shape index (κ3) is 3.99. The quantitative estimate of drug-likeness (QED) is 0.873. The molecule has 0 saturated heterocycles. The van der Waals surface area contributed by atoms with Crippen molar-refractivity contribution in [2.75, 3.05) is 0 Å². The van der Waals surface area contributed by atoms with E-state index in [0.717, 1.165) is 5.69 Å². The van der Waals surface area contributed by atoms with Gasteiger partial charge in [-0.05, 0) is 38.0 Å². The maximum absolute atomic E-state index is 12.1. The second-order valence-corrected chi connectivity index (χ2v) is 6.71. The number of nitrogens with one attached hydrogen (secondary N) is 1. The van der Waals surface area contributed by atoms with E-state index in [1.165, 1.54) is 17.8 Å². The molecule has 1 saturated carbocycles. The number of benzene rings is 1. The topological polar surface area (TPSA) is 51.2 Å². The number of hydrogen-bond acceptors (Lipinski definition) is 4. The van der Waals surface area contributed by atoms with Gasteiger partial charge in [0.05, 0.1) is 17.2 Å². The molecule has 0 spiro atoms. The van der Waals surface area contributed by atoms with Gasteiger partial charge in [0.25, 0.3) is 5.91 Å². The van der Waals surface area contributed by atoms with Crippen LogP contribution in [0.5, 0.6) is 5.75 Å². The Labute approximate surface area is 138 Å². The summed E-state index contributed by atoms with van der Waals surface area (Å²) in [6.45, 7) is 2.15. The van der Waals surface area contributed by atoms with Crippen molar-refractivity contribution >= 4 is 28.8 Å². The Morgan fingerprint density at radius 2 is 2.36 bits per heavy atom. The minimum Gasteiger partial charge on any atom is -0.481 e.